The quantitative estimate of drug-likeness (QED) is 0.495. The molecule has 0 aromatic heterocycles. The minimum atomic E-state index is -0.0194. The number of carbonyl (C=O) groups is 1. The van der Waals surface area contributed by atoms with E-state index in [0.717, 1.165) is 12.8 Å². The lowest BCUT2D eigenvalue weighted by atomic mass is 10.1. The third kappa shape index (κ3) is 2.58. The summed E-state index contributed by atoms with van der Waals surface area (Å²) in [6, 6.07) is 0. The van der Waals surface area contributed by atoms with Gasteiger partial charge in [0.05, 0.1) is 6.10 Å². The highest BCUT2D eigenvalue weighted by Gasteiger charge is 2.42. The fourth-order valence-corrected chi connectivity index (χ4v) is 1.48. The number of nitrogens with zero attached hydrogens (tertiary/aromatic N) is 1. The van der Waals surface area contributed by atoms with E-state index in [2.05, 4.69) is 13.5 Å². The zero-order valence-corrected chi connectivity index (χ0v) is 9.25. The van der Waals surface area contributed by atoms with E-state index in [1.54, 1.807) is 19.0 Å². The molecule has 1 saturated heterocycles. The Labute approximate surface area is 85.7 Å². The molecule has 14 heavy (non-hydrogen) atoms. The lowest BCUT2D eigenvalue weighted by Gasteiger charge is -2.10. The largest absolute Gasteiger partial charge is 0.364 e. The summed E-state index contributed by atoms with van der Waals surface area (Å²) in [5, 5.41) is 0. The molecule has 1 heterocycles. The number of unbranched alkanes of at least 4 members (excludes halogenated alkanes) is 1. The predicted molar refractivity (Wildman–Crippen MR) is 56.0 cm³/mol. The van der Waals surface area contributed by atoms with Crippen molar-refractivity contribution in [3.05, 3.63) is 12.2 Å². The monoisotopic (exact) mass is 197 g/mol. The van der Waals surface area contributed by atoms with Gasteiger partial charge in [-0.2, -0.15) is 0 Å². The highest BCUT2D eigenvalue weighted by atomic mass is 16.6. The maximum absolute atomic E-state index is 11.5. The normalized spacial score (nSPS) is 24.5. The molecule has 0 aromatic carbocycles. The van der Waals surface area contributed by atoms with Crippen molar-refractivity contribution >= 4 is 5.91 Å². The molecule has 0 N–H and O–H groups in total. The van der Waals surface area contributed by atoms with Gasteiger partial charge >= 0.3 is 0 Å². The first kappa shape index (κ1) is 11.2. The van der Waals surface area contributed by atoms with Gasteiger partial charge in [0.25, 0.3) is 5.91 Å². The van der Waals surface area contributed by atoms with Crippen molar-refractivity contribution < 1.29 is 9.53 Å². The van der Waals surface area contributed by atoms with E-state index in [4.69, 9.17) is 4.74 Å². The summed E-state index contributed by atoms with van der Waals surface area (Å²) in [5.74, 6) is -0.0194. The van der Waals surface area contributed by atoms with Crippen LogP contribution in [0.2, 0.25) is 0 Å². The van der Waals surface area contributed by atoms with Crippen molar-refractivity contribution in [2.75, 3.05) is 14.1 Å². The lowest BCUT2D eigenvalue weighted by molar-refractivity contribution is -0.124. The van der Waals surface area contributed by atoms with Crippen molar-refractivity contribution in [2.24, 2.45) is 0 Å². The van der Waals surface area contributed by atoms with Crippen LogP contribution in [0.25, 0.3) is 0 Å². The summed E-state index contributed by atoms with van der Waals surface area (Å²) in [5.41, 5.74) is 0.594. The second-order valence-corrected chi connectivity index (χ2v) is 3.96. The second kappa shape index (κ2) is 4.60. The Kier molecular flexibility index (Phi) is 3.69. The highest BCUT2D eigenvalue weighted by Crippen LogP contribution is 2.32. The molecule has 3 nitrogen and oxygen atoms in total. The number of hydrogen-bond acceptors (Lipinski definition) is 2. The molecule has 80 valence electrons. The molecule has 1 fully saturated rings. The zero-order chi connectivity index (χ0) is 10.7. The molecule has 0 bridgehead atoms. The highest BCUT2D eigenvalue weighted by molar-refractivity contribution is 5.94. The van der Waals surface area contributed by atoms with Crippen LogP contribution < -0.4 is 0 Å². The first-order chi connectivity index (χ1) is 6.57. The summed E-state index contributed by atoms with van der Waals surface area (Å²) in [7, 11) is 3.47. The molecule has 2 atom stereocenters. The lowest BCUT2D eigenvalue weighted by Crippen LogP contribution is -2.25. The minimum Gasteiger partial charge on any atom is -0.364 e. The molecule has 0 saturated carbocycles. The fourth-order valence-electron chi connectivity index (χ4n) is 1.48. The number of rotatable bonds is 5. The smallest absolute Gasteiger partial charge is 0.251 e. The first-order valence-electron chi connectivity index (χ1n) is 5.13. The number of carbonyl (C=O) groups excluding carboxylic acids is 1. The average Bonchev–Trinajstić information content (AvgIpc) is 2.91. The van der Waals surface area contributed by atoms with E-state index < -0.39 is 0 Å². The van der Waals surface area contributed by atoms with Crippen molar-refractivity contribution in [1.29, 1.82) is 0 Å². The number of epoxide rings is 1. The van der Waals surface area contributed by atoms with Crippen LogP contribution in [0.1, 0.15) is 26.2 Å². The maximum Gasteiger partial charge on any atom is 0.251 e. The van der Waals surface area contributed by atoms with Crippen LogP contribution in [0.3, 0.4) is 0 Å². The molecular formula is C11H19NO2. The van der Waals surface area contributed by atoms with Crippen molar-refractivity contribution in [3.8, 4) is 0 Å². The third-order valence-electron chi connectivity index (χ3n) is 2.45. The van der Waals surface area contributed by atoms with Gasteiger partial charge in [0, 0.05) is 19.7 Å². The minimum absolute atomic E-state index is 0.0172. The molecule has 0 spiro atoms. The molecular weight excluding hydrogens is 178 g/mol. The van der Waals surface area contributed by atoms with Gasteiger partial charge in [0.1, 0.15) is 6.10 Å². The Hall–Kier alpha value is -0.830. The first-order valence-corrected chi connectivity index (χ1v) is 5.13. The third-order valence-corrected chi connectivity index (χ3v) is 2.45. The van der Waals surface area contributed by atoms with Crippen molar-refractivity contribution in [3.63, 3.8) is 0 Å². The van der Waals surface area contributed by atoms with E-state index in [0.29, 0.717) is 5.57 Å². The van der Waals surface area contributed by atoms with Gasteiger partial charge in [-0.3, -0.25) is 4.79 Å². The van der Waals surface area contributed by atoms with E-state index in [-0.39, 0.29) is 18.1 Å². The summed E-state index contributed by atoms with van der Waals surface area (Å²) >= 11 is 0. The van der Waals surface area contributed by atoms with Crippen LogP contribution in [0.5, 0.6) is 0 Å². The van der Waals surface area contributed by atoms with E-state index in [1.165, 1.54) is 6.42 Å². The second-order valence-electron chi connectivity index (χ2n) is 3.96. The predicted octanol–water partition coefficient (Wildman–Crippen LogP) is 1.59. The van der Waals surface area contributed by atoms with Crippen molar-refractivity contribution in [1.82, 2.24) is 4.90 Å². The van der Waals surface area contributed by atoms with Crippen LogP contribution in [-0.2, 0) is 9.53 Å². The molecule has 0 unspecified atom stereocenters. The molecule has 0 aliphatic carbocycles. The Bertz CT molecular complexity index is 235. The van der Waals surface area contributed by atoms with Gasteiger partial charge in [-0.1, -0.05) is 26.3 Å². The van der Waals surface area contributed by atoms with Crippen LogP contribution >= 0.6 is 0 Å². The molecule has 3 heteroatoms. The summed E-state index contributed by atoms with van der Waals surface area (Å²) in [4.78, 5) is 13.0. The Morgan fingerprint density at radius 2 is 2.14 bits per heavy atom. The number of ether oxygens (including phenoxy) is 1. The fraction of sp³-hybridized carbons (Fsp3) is 0.727. The van der Waals surface area contributed by atoms with Crippen LogP contribution in [0, 0.1) is 0 Å². The van der Waals surface area contributed by atoms with Gasteiger partial charge in [0.15, 0.2) is 0 Å². The molecule has 1 aliphatic heterocycles. The van der Waals surface area contributed by atoms with E-state index in [1.807, 2.05) is 0 Å². The summed E-state index contributed by atoms with van der Waals surface area (Å²) < 4.78 is 5.41. The van der Waals surface area contributed by atoms with Gasteiger partial charge in [-0.15, -0.1) is 0 Å². The van der Waals surface area contributed by atoms with Gasteiger partial charge < -0.3 is 9.64 Å². The van der Waals surface area contributed by atoms with Gasteiger partial charge in [0.2, 0.25) is 0 Å². The summed E-state index contributed by atoms with van der Waals surface area (Å²) in [6.45, 7) is 5.93. The Morgan fingerprint density at radius 1 is 1.50 bits per heavy atom. The summed E-state index contributed by atoms with van der Waals surface area (Å²) in [6.07, 6.45) is 3.59. The van der Waals surface area contributed by atoms with Crippen molar-refractivity contribution in [2.45, 2.75) is 38.4 Å². The molecule has 1 amide bonds. The number of amides is 1. The van der Waals surface area contributed by atoms with Crippen LogP contribution in [0.4, 0.5) is 0 Å². The van der Waals surface area contributed by atoms with Gasteiger partial charge in [-0.25, -0.2) is 0 Å². The number of likely N-dealkylation sites (N-methyl/N-ethyl adjacent to an activating group) is 1. The number of hydrogen-bond donors (Lipinski definition) is 0. The molecule has 1 rings (SSSR count). The standard InChI is InChI=1S/C11H19NO2/c1-5-6-7-9-10(14-9)8(2)11(13)12(3)4/h9-10H,2,5-7H2,1,3-4H3/t9-,10-/m0/s1. The van der Waals surface area contributed by atoms with Crippen LogP contribution in [0.15, 0.2) is 12.2 Å². The van der Waals surface area contributed by atoms with E-state index >= 15 is 0 Å². The Morgan fingerprint density at radius 3 is 2.64 bits per heavy atom. The topological polar surface area (TPSA) is 32.8 Å². The average molecular weight is 197 g/mol. The Balaban J connectivity index is 2.32. The van der Waals surface area contributed by atoms with E-state index in [9.17, 15) is 4.79 Å². The molecule has 0 radical (unpaired) electrons. The molecule has 0 aromatic rings. The van der Waals surface area contributed by atoms with Gasteiger partial charge in [-0.05, 0) is 6.42 Å². The van der Waals surface area contributed by atoms with Crippen LogP contribution in [-0.4, -0.2) is 37.1 Å². The maximum atomic E-state index is 11.5. The molecule has 1 aliphatic rings. The SMILES string of the molecule is C=C(C(=O)N(C)C)[C@@H]1O[C@H]1CCCC. The zero-order valence-electron chi connectivity index (χ0n) is 9.25.